The topological polar surface area (TPSA) is 61.4 Å². The number of carbonyl (C=O) groups excluding carboxylic acids is 2. The fourth-order valence-electron chi connectivity index (χ4n) is 2.51. The minimum Gasteiger partial charge on any atom is -0.376 e. The summed E-state index contributed by atoms with van der Waals surface area (Å²) in [6, 6.07) is 15.0. The zero-order chi connectivity index (χ0) is 18.2. The molecule has 0 aromatic heterocycles. The zero-order valence-electron chi connectivity index (χ0n) is 14.6. The molecule has 0 bridgehead atoms. The maximum atomic E-state index is 12.6. The Kier molecular flexibility index (Phi) is 6.34. The maximum Gasteiger partial charge on any atom is 0.246 e. The number of nitrogens with zero attached hydrogens (tertiary/aromatic N) is 1. The average molecular weight is 337 g/mol. The molecule has 5 nitrogen and oxygen atoms in total. The van der Waals surface area contributed by atoms with Crippen molar-refractivity contribution in [3.05, 3.63) is 66.7 Å². The number of hydrogen-bond donors (Lipinski definition) is 2. The van der Waals surface area contributed by atoms with E-state index in [0.29, 0.717) is 6.54 Å². The summed E-state index contributed by atoms with van der Waals surface area (Å²) in [5.74, 6) is -0.187. The van der Waals surface area contributed by atoms with Crippen molar-refractivity contribution in [1.29, 1.82) is 0 Å². The Morgan fingerprint density at radius 2 is 1.76 bits per heavy atom. The third-order valence-electron chi connectivity index (χ3n) is 3.76. The van der Waals surface area contributed by atoms with Gasteiger partial charge in [0.25, 0.3) is 0 Å². The van der Waals surface area contributed by atoms with Crippen molar-refractivity contribution < 1.29 is 9.59 Å². The van der Waals surface area contributed by atoms with Crippen LogP contribution in [0.4, 0.5) is 17.1 Å². The van der Waals surface area contributed by atoms with Gasteiger partial charge in [0.2, 0.25) is 11.8 Å². The number of para-hydroxylation sites is 1. The summed E-state index contributed by atoms with van der Waals surface area (Å²) < 4.78 is 0. The summed E-state index contributed by atoms with van der Waals surface area (Å²) in [7, 11) is 0. The summed E-state index contributed by atoms with van der Waals surface area (Å²) >= 11 is 0. The van der Waals surface area contributed by atoms with Crippen LogP contribution in [0.3, 0.4) is 0 Å². The first-order valence-electron chi connectivity index (χ1n) is 8.10. The van der Waals surface area contributed by atoms with Gasteiger partial charge >= 0.3 is 0 Å². The number of carbonyl (C=O) groups is 2. The lowest BCUT2D eigenvalue weighted by molar-refractivity contribution is -0.117. The van der Waals surface area contributed by atoms with Gasteiger partial charge in [-0.1, -0.05) is 30.3 Å². The second-order valence-corrected chi connectivity index (χ2v) is 5.64. The monoisotopic (exact) mass is 337 g/mol. The summed E-state index contributed by atoms with van der Waals surface area (Å²) in [5, 5.41) is 5.94. The quantitative estimate of drug-likeness (QED) is 0.759. The highest BCUT2D eigenvalue weighted by Gasteiger charge is 2.14. The molecule has 25 heavy (non-hydrogen) atoms. The van der Waals surface area contributed by atoms with Crippen molar-refractivity contribution in [3.63, 3.8) is 0 Å². The van der Waals surface area contributed by atoms with Crippen LogP contribution >= 0.6 is 0 Å². The summed E-state index contributed by atoms with van der Waals surface area (Å²) in [6.45, 7) is 7.68. The maximum absolute atomic E-state index is 12.6. The largest absolute Gasteiger partial charge is 0.376 e. The molecule has 0 fully saturated rings. The first kappa shape index (κ1) is 18.3. The first-order chi connectivity index (χ1) is 12.0. The SMILES string of the molecule is C=CCN(C(=O)CNc1cccc(NC(C)=O)c1C)c1ccccc1. The van der Waals surface area contributed by atoms with Crippen LogP contribution in [0.15, 0.2) is 61.2 Å². The molecule has 0 radical (unpaired) electrons. The van der Waals surface area contributed by atoms with E-state index in [1.165, 1.54) is 6.92 Å². The van der Waals surface area contributed by atoms with E-state index in [0.717, 1.165) is 22.6 Å². The highest BCUT2D eigenvalue weighted by Crippen LogP contribution is 2.23. The third-order valence-corrected chi connectivity index (χ3v) is 3.76. The van der Waals surface area contributed by atoms with Crippen molar-refractivity contribution in [3.8, 4) is 0 Å². The fraction of sp³-hybridized carbons (Fsp3) is 0.200. The molecule has 0 aliphatic heterocycles. The van der Waals surface area contributed by atoms with Crippen molar-refractivity contribution >= 4 is 28.9 Å². The van der Waals surface area contributed by atoms with Crippen LogP contribution in [0.5, 0.6) is 0 Å². The first-order valence-corrected chi connectivity index (χ1v) is 8.10. The average Bonchev–Trinajstić information content (AvgIpc) is 2.60. The minimum absolute atomic E-state index is 0.0598. The molecule has 0 unspecified atom stereocenters. The van der Waals surface area contributed by atoms with E-state index in [4.69, 9.17) is 0 Å². The van der Waals surface area contributed by atoms with Gasteiger partial charge in [-0.25, -0.2) is 0 Å². The highest BCUT2D eigenvalue weighted by molar-refractivity contribution is 5.97. The number of hydrogen-bond acceptors (Lipinski definition) is 3. The molecule has 2 N–H and O–H groups in total. The van der Waals surface area contributed by atoms with E-state index in [-0.39, 0.29) is 18.4 Å². The van der Waals surface area contributed by atoms with Gasteiger partial charge in [-0.2, -0.15) is 0 Å². The number of nitrogens with one attached hydrogen (secondary N) is 2. The predicted molar refractivity (Wildman–Crippen MR) is 103 cm³/mol. The Labute approximate surface area is 148 Å². The van der Waals surface area contributed by atoms with Gasteiger partial charge < -0.3 is 15.5 Å². The standard InChI is InChI=1S/C20H23N3O2/c1-4-13-23(17-9-6-5-7-10-17)20(25)14-21-18-11-8-12-19(15(18)2)22-16(3)24/h4-12,21H,1,13-14H2,2-3H3,(H,22,24). The minimum atomic E-state index is -0.127. The van der Waals surface area contributed by atoms with E-state index in [2.05, 4.69) is 17.2 Å². The van der Waals surface area contributed by atoms with Gasteiger partial charge in [0.05, 0.1) is 6.54 Å². The molecular weight excluding hydrogens is 314 g/mol. The summed E-state index contributed by atoms with van der Waals surface area (Å²) in [4.78, 5) is 25.6. The van der Waals surface area contributed by atoms with Crippen molar-refractivity contribution in [2.75, 3.05) is 28.6 Å². The molecule has 2 aromatic carbocycles. The van der Waals surface area contributed by atoms with E-state index < -0.39 is 0 Å². The number of rotatable bonds is 7. The zero-order valence-corrected chi connectivity index (χ0v) is 14.6. The normalized spacial score (nSPS) is 10.0. The van der Waals surface area contributed by atoms with Gasteiger partial charge in [0, 0.05) is 30.5 Å². The molecule has 130 valence electrons. The lowest BCUT2D eigenvalue weighted by Gasteiger charge is -2.22. The number of anilines is 3. The Hall–Kier alpha value is -3.08. The van der Waals surface area contributed by atoms with Crippen LogP contribution in [0.2, 0.25) is 0 Å². The molecule has 0 saturated carbocycles. The lowest BCUT2D eigenvalue weighted by atomic mass is 10.1. The summed E-state index contributed by atoms with van der Waals surface area (Å²) in [5.41, 5.74) is 3.26. The molecule has 2 amide bonds. The fourth-order valence-corrected chi connectivity index (χ4v) is 2.51. The van der Waals surface area contributed by atoms with Crippen LogP contribution < -0.4 is 15.5 Å². The Morgan fingerprint density at radius 1 is 1.08 bits per heavy atom. The lowest BCUT2D eigenvalue weighted by Crippen LogP contribution is -2.35. The predicted octanol–water partition coefficient (Wildman–Crippen LogP) is 3.58. The third kappa shape index (κ3) is 4.94. The van der Waals surface area contributed by atoms with E-state index in [1.807, 2.05) is 55.5 Å². The van der Waals surface area contributed by atoms with Crippen molar-refractivity contribution in [2.24, 2.45) is 0 Å². The summed E-state index contributed by atoms with van der Waals surface area (Å²) in [6.07, 6.45) is 1.70. The second kappa shape index (κ2) is 8.68. The molecule has 0 aliphatic carbocycles. The van der Waals surface area contributed by atoms with Crippen molar-refractivity contribution in [1.82, 2.24) is 0 Å². The molecule has 0 atom stereocenters. The molecule has 0 saturated heterocycles. The molecule has 0 heterocycles. The molecular formula is C20H23N3O2. The highest BCUT2D eigenvalue weighted by atomic mass is 16.2. The number of amides is 2. The Balaban J connectivity index is 2.10. The van der Waals surface area contributed by atoms with E-state index in [1.54, 1.807) is 11.0 Å². The van der Waals surface area contributed by atoms with Gasteiger partial charge in [-0.15, -0.1) is 6.58 Å². The van der Waals surface area contributed by atoms with Gasteiger partial charge in [-0.05, 0) is 36.8 Å². The van der Waals surface area contributed by atoms with Crippen LogP contribution in [0, 0.1) is 6.92 Å². The van der Waals surface area contributed by atoms with E-state index >= 15 is 0 Å². The van der Waals surface area contributed by atoms with E-state index in [9.17, 15) is 9.59 Å². The van der Waals surface area contributed by atoms with Crippen LogP contribution in [-0.2, 0) is 9.59 Å². The molecule has 0 aliphatic rings. The van der Waals surface area contributed by atoms with Gasteiger partial charge in [0.15, 0.2) is 0 Å². The smallest absolute Gasteiger partial charge is 0.246 e. The molecule has 2 aromatic rings. The Bertz CT molecular complexity index is 757. The van der Waals surface area contributed by atoms with Crippen LogP contribution in [-0.4, -0.2) is 24.9 Å². The van der Waals surface area contributed by atoms with Gasteiger partial charge in [-0.3, -0.25) is 9.59 Å². The van der Waals surface area contributed by atoms with Crippen LogP contribution in [0.25, 0.3) is 0 Å². The number of benzene rings is 2. The van der Waals surface area contributed by atoms with Crippen LogP contribution in [0.1, 0.15) is 12.5 Å². The molecule has 0 spiro atoms. The van der Waals surface area contributed by atoms with Gasteiger partial charge in [0.1, 0.15) is 0 Å². The molecule has 2 rings (SSSR count). The van der Waals surface area contributed by atoms with Crippen molar-refractivity contribution in [2.45, 2.75) is 13.8 Å². The Morgan fingerprint density at radius 3 is 2.40 bits per heavy atom. The second-order valence-electron chi connectivity index (χ2n) is 5.64. The molecule has 5 heteroatoms.